The summed E-state index contributed by atoms with van der Waals surface area (Å²) in [6.45, 7) is 5.79. The van der Waals surface area contributed by atoms with Crippen molar-refractivity contribution in [3.63, 3.8) is 0 Å². The monoisotopic (exact) mass is 311 g/mol. The second kappa shape index (κ2) is 6.63. The normalized spacial score (nSPS) is 18.8. The Labute approximate surface area is 138 Å². The van der Waals surface area contributed by atoms with Gasteiger partial charge in [0.05, 0.1) is 0 Å². The van der Waals surface area contributed by atoms with Gasteiger partial charge in [-0.05, 0) is 38.9 Å². The fourth-order valence-corrected chi connectivity index (χ4v) is 3.18. The summed E-state index contributed by atoms with van der Waals surface area (Å²) in [6.07, 6.45) is 0.976. The highest BCUT2D eigenvalue weighted by atomic mass is 16.5. The number of ether oxygens (including phenoxy) is 2. The van der Waals surface area contributed by atoms with E-state index in [0.29, 0.717) is 12.5 Å². The van der Waals surface area contributed by atoms with E-state index in [-0.39, 0.29) is 5.60 Å². The summed E-state index contributed by atoms with van der Waals surface area (Å²) < 4.78 is 12.0. The minimum Gasteiger partial charge on any atom is -0.492 e. The molecule has 1 atom stereocenters. The third-order valence-electron chi connectivity index (χ3n) is 4.27. The van der Waals surface area contributed by atoms with Gasteiger partial charge in [-0.15, -0.1) is 0 Å². The zero-order chi connectivity index (χ0) is 16.3. The van der Waals surface area contributed by atoms with Crippen LogP contribution in [0.15, 0.2) is 48.5 Å². The first-order valence-corrected chi connectivity index (χ1v) is 8.24. The van der Waals surface area contributed by atoms with Gasteiger partial charge in [-0.1, -0.05) is 36.4 Å². The van der Waals surface area contributed by atoms with Crippen molar-refractivity contribution in [2.75, 3.05) is 20.2 Å². The number of rotatable bonds is 5. The Morgan fingerprint density at radius 1 is 1.17 bits per heavy atom. The number of benzene rings is 2. The Kier molecular flexibility index (Phi) is 4.58. The fraction of sp³-hybridized carbons (Fsp3) is 0.400. The van der Waals surface area contributed by atoms with Gasteiger partial charge < -0.3 is 14.8 Å². The molecular weight excluding hydrogens is 286 g/mol. The molecule has 2 aromatic rings. The van der Waals surface area contributed by atoms with Gasteiger partial charge in [-0.25, -0.2) is 0 Å². The zero-order valence-corrected chi connectivity index (χ0v) is 14.1. The van der Waals surface area contributed by atoms with Crippen LogP contribution in [0.2, 0.25) is 0 Å². The quantitative estimate of drug-likeness (QED) is 0.847. The lowest BCUT2D eigenvalue weighted by Gasteiger charge is -2.38. The maximum Gasteiger partial charge on any atom is 0.127 e. The number of nitrogens with one attached hydrogen (secondary N) is 1. The molecule has 0 aromatic heterocycles. The first-order valence-electron chi connectivity index (χ1n) is 8.24. The molecule has 0 radical (unpaired) electrons. The highest BCUT2D eigenvalue weighted by Crippen LogP contribution is 2.45. The zero-order valence-electron chi connectivity index (χ0n) is 14.1. The van der Waals surface area contributed by atoms with Crippen molar-refractivity contribution in [2.24, 2.45) is 0 Å². The van der Waals surface area contributed by atoms with Gasteiger partial charge >= 0.3 is 0 Å². The third-order valence-corrected chi connectivity index (χ3v) is 4.27. The molecule has 0 aliphatic carbocycles. The molecule has 1 heterocycles. The van der Waals surface area contributed by atoms with Crippen LogP contribution in [0.5, 0.6) is 11.5 Å². The van der Waals surface area contributed by atoms with Crippen molar-refractivity contribution in [3.05, 3.63) is 59.7 Å². The Morgan fingerprint density at radius 3 is 2.70 bits per heavy atom. The molecule has 3 heteroatoms. The highest BCUT2D eigenvalue weighted by molar-refractivity contribution is 5.48. The van der Waals surface area contributed by atoms with Gasteiger partial charge in [0.2, 0.25) is 0 Å². The maximum atomic E-state index is 6.22. The molecule has 0 spiro atoms. The van der Waals surface area contributed by atoms with Crippen LogP contribution in [0.4, 0.5) is 0 Å². The SMILES string of the molecule is CNCCOc1ccc2c(c1)OC(C)(C)CC2c1ccccc1. The van der Waals surface area contributed by atoms with E-state index in [4.69, 9.17) is 9.47 Å². The van der Waals surface area contributed by atoms with Crippen molar-refractivity contribution in [1.29, 1.82) is 0 Å². The van der Waals surface area contributed by atoms with Crippen LogP contribution in [-0.4, -0.2) is 25.8 Å². The van der Waals surface area contributed by atoms with Gasteiger partial charge in [0.15, 0.2) is 0 Å². The Hall–Kier alpha value is -2.00. The van der Waals surface area contributed by atoms with Crippen LogP contribution in [0.1, 0.15) is 37.3 Å². The molecule has 1 aliphatic heterocycles. The molecule has 2 aromatic carbocycles. The van der Waals surface area contributed by atoms with E-state index < -0.39 is 0 Å². The molecular formula is C20H25NO2. The molecule has 1 aliphatic rings. The molecule has 1 unspecified atom stereocenters. The van der Waals surface area contributed by atoms with Crippen molar-refractivity contribution < 1.29 is 9.47 Å². The maximum absolute atomic E-state index is 6.22. The van der Waals surface area contributed by atoms with Crippen molar-refractivity contribution >= 4 is 0 Å². The van der Waals surface area contributed by atoms with E-state index in [9.17, 15) is 0 Å². The molecule has 0 fully saturated rings. The Balaban J connectivity index is 1.92. The summed E-state index contributed by atoms with van der Waals surface area (Å²) in [7, 11) is 1.92. The van der Waals surface area contributed by atoms with Crippen LogP contribution in [-0.2, 0) is 0 Å². The van der Waals surface area contributed by atoms with Gasteiger partial charge in [0.1, 0.15) is 23.7 Å². The lowest BCUT2D eigenvalue weighted by Crippen LogP contribution is -2.35. The van der Waals surface area contributed by atoms with Crippen LogP contribution >= 0.6 is 0 Å². The molecule has 0 saturated carbocycles. The second-order valence-electron chi connectivity index (χ2n) is 6.68. The van der Waals surface area contributed by atoms with Crippen molar-refractivity contribution in [3.8, 4) is 11.5 Å². The molecule has 0 saturated heterocycles. The van der Waals surface area contributed by atoms with Gasteiger partial charge in [-0.3, -0.25) is 0 Å². The predicted molar refractivity (Wildman–Crippen MR) is 93.5 cm³/mol. The van der Waals surface area contributed by atoms with E-state index in [1.54, 1.807) is 0 Å². The summed E-state index contributed by atoms with van der Waals surface area (Å²) in [5.41, 5.74) is 2.40. The highest BCUT2D eigenvalue weighted by Gasteiger charge is 2.34. The molecule has 0 bridgehead atoms. The van der Waals surface area contributed by atoms with E-state index in [0.717, 1.165) is 24.5 Å². The third kappa shape index (κ3) is 3.67. The van der Waals surface area contributed by atoms with E-state index in [1.165, 1.54) is 11.1 Å². The molecule has 3 nitrogen and oxygen atoms in total. The number of likely N-dealkylation sites (N-methyl/N-ethyl adjacent to an activating group) is 1. The van der Waals surface area contributed by atoms with E-state index >= 15 is 0 Å². The van der Waals surface area contributed by atoms with Gasteiger partial charge in [-0.2, -0.15) is 0 Å². The minimum absolute atomic E-state index is 0.183. The van der Waals surface area contributed by atoms with E-state index in [2.05, 4.69) is 55.6 Å². The molecule has 1 N–H and O–H groups in total. The molecule has 23 heavy (non-hydrogen) atoms. The number of hydrogen-bond acceptors (Lipinski definition) is 3. The topological polar surface area (TPSA) is 30.5 Å². The van der Waals surface area contributed by atoms with Crippen molar-refractivity contribution in [1.82, 2.24) is 5.32 Å². The van der Waals surface area contributed by atoms with Gasteiger partial charge in [0.25, 0.3) is 0 Å². The lowest BCUT2D eigenvalue weighted by atomic mass is 9.80. The summed E-state index contributed by atoms with van der Waals surface area (Å²) in [5.74, 6) is 2.17. The Bertz CT molecular complexity index is 652. The molecule has 0 amide bonds. The van der Waals surface area contributed by atoms with Crippen molar-refractivity contribution in [2.45, 2.75) is 31.8 Å². The first kappa shape index (κ1) is 15.9. The fourth-order valence-electron chi connectivity index (χ4n) is 3.18. The van der Waals surface area contributed by atoms with Crippen LogP contribution in [0.3, 0.4) is 0 Å². The smallest absolute Gasteiger partial charge is 0.127 e. The largest absolute Gasteiger partial charge is 0.492 e. The Morgan fingerprint density at radius 2 is 1.96 bits per heavy atom. The summed E-state index contributed by atoms with van der Waals surface area (Å²) in [4.78, 5) is 0. The van der Waals surface area contributed by atoms with Crippen LogP contribution in [0, 0.1) is 0 Å². The second-order valence-corrected chi connectivity index (χ2v) is 6.68. The average molecular weight is 311 g/mol. The first-order chi connectivity index (χ1) is 11.1. The molecule has 3 rings (SSSR count). The lowest BCUT2D eigenvalue weighted by molar-refractivity contribution is 0.0770. The summed E-state index contributed by atoms with van der Waals surface area (Å²) >= 11 is 0. The van der Waals surface area contributed by atoms with Crippen LogP contribution < -0.4 is 14.8 Å². The predicted octanol–water partition coefficient (Wildman–Crippen LogP) is 3.98. The van der Waals surface area contributed by atoms with Gasteiger partial charge in [0, 0.05) is 24.1 Å². The summed E-state index contributed by atoms with van der Waals surface area (Å²) in [6, 6.07) is 16.9. The average Bonchev–Trinajstić information content (AvgIpc) is 2.54. The molecule has 122 valence electrons. The van der Waals surface area contributed by atoms with Crippen LogP contribution in [0.25, 0.3) is 0 Å². The van der Waals surface area contributed by atoms with E-state index in [1.807, 2.05) is 19.2 Å². The number of hydrogen-bond donors (Lipinski definition) is 1. The standard InChI is InChI=1S/C20H25NO2/c1-20(2)14-18(15-7-5-4-6-8-15)17-10-9-16(13-19(17)23-20)22-12-11-21-3/h4-10,13,18,21H,11-12,14H2,1-3H3. The summed E-state index contributed by atoms with van der Waals surface area (Å²) in [5, 5.41) is 3.09. The number of fused-ring (bicyclic) bond motifs is 1. The minimum atomic E-state index is -0.183.